The Balaban J connectivity index is 1.84. The fraction of sp³-hybridized carbons (Fsp3) is 0.0500. The summed E-state index contributed by atoms with van der Waals surface area (Å²) in [6.07, 6.45) is 1.70. The highest BCUT2D eigenvalue weighted by molar-refractivity contribution is 7.80. The monoisotopic (exact) mass is 378 g/mol. The van der Waals surface area contributed by atoms with Gasteiger partial charge in [-0.05, 0) is 36.5 Å². The zero-order chi connectivity index (χ0) is 18.9. The van der Waals surface area contributed by atoms with Gasteiger partial charge in [-0.1, -0.05) is 42.5 Å². The zero-order valence-corrected chi connectivity index (χ0v) is 15.3. The number of nitrogens with zero attached hydrogens (tertiary/aromatic N) is 2. The first kappa shape index (κ1) is 18.3. The molecular weight excluding hydrogens is 360 g/mol. The molecule has 0 unspecified atom stereocenters. The molecule has 0 radical (unpaired) electrons. The lowest BCUT2D eigenvalue weighted by Crippen LogP contribution is -2.29. The molecular formula is C20H18N4O2S. The van der Waals surface area contributed by atoms with Crippen molar-refractivity contribution in [3.63, 3.8) is 0 Å². The third-order valence-corrected chi connectivity index (χ3v) is 3.49. The van der Waals surface area contributed by atoms with Crippen LogP contribution < -0.4 is 20.1 Å². The maximum Gasteiger partial charge on any atom is 0.235 e. The number of hydrogen-bond donors (Lipinski definition) is 2. The first-order chi connectivity index (χ1) is 13.2. The van der Waals surface area contributed by atoms with E-state index in [1.165, 1.54) is 0 Å². The Morgan fingerprint density at radius 1 is 0.926 bits per heavy atom. The first-order valence-electron chi connectivity index (χ1n) is 8.23. The number of ether oxygens (including phenoxy) is 2. The quantitative estimate of drug-likeness (QED) is 0.462. The van der Waals surface area contributed by atoms with Crippen molar-refractivity contribution < 1.29 is 9.47 Å². The molecule has 136 valence electrons. The van der Waals surface area contributed by atoms with Gasteiger partial charge in [0.25, 0.3) is 0 Å². The molecule has 0 atom stereocenters. The molecule has 3 rings (SSSR count). The van der Waals surface area contributed by atoms with Gasteiger partial charge in [-0.3, -0.25) is 0 Å². The van der Waals surface area contributed by atoms with Crippen molar-refractivity contribution in [2.24, 2.45) is 0 Å². The van der Waals surface area contributed by atoms with Crippen LogP contribution in [0.1, 0.15) is 0 Å². The molecule has 0 bridgehead atoms. The van der Waals surface area contributed by atoms with E-state index >= 15 is 0 Å². The van der Waals surface area contributed by atoms with E-state index in [1.807, 2.05) is 60.7 Å². The van der Waals surface area contributed by atoms with Crippen molar-refractivity contribution >= 4 is 23.3 Å². The van der Waals surface area contributed by atoms with E-state index in [0.29, 0.717) is 34.9 Å². The summed E-state index contributed by atoms with van der Waals surface area (Å²) in [5, 5.41) is 6.25. The van der Waals surface area contributed by atoms with Gasteiger partial charge in [0.2, 0.25) is 17.7 Å². The van der Waals surface area contributed by atoms with Gasteiger partial charge in [-0.2, -0.15) is 9.97 Å². The van der Waals surface area contributed by atoms with E-state index in [1.54, 1.807) is 12.1 Å². The summed E-state index contributed by atoms with van der Waals surface area (Å²) < 4.78 is 11.6. The van der Waals surface area contributed by atoms with E-state index in [4.69, 9.17) is 21.7 Å². The highest BCUT2D eigenvalue weighted by Crippen LogP contribution is 2.26. The number of para-hydroxylation sites is 2. The van der Waals surface area contributed by atoms with Crippen LogP contribution in [0.15, 0.2) is 79.4 Å². The van der Waals surface area contributed by atoms with Gasteiger partial charge < -0.3 is 20.1 Å². The van der Waals surface area contributed by atoms with Crippen molar-refractivity contribution in [3.8, 4) is 23.3 Å². The molecule has 1 aromatic heterocycles. The predicted molar refractivity (Wildman–Crippen MR) is 109 cm³/mol. The minimum atomic E-state index is 0.260. The topological polar surface area (TPSA) is 68.3 Å². The Bertz CT molecular complexity index is 845. The fourth-order valence-electron chi connectivity index (χ4n) is 2.09. The van der Waals surface area contributed by atoms with Crippen LogP contribution in [0.5, 0.6) is 23.3 Å². The average molecular weight is 378 g/mol. The molecule has 1 heterocycles. The Morgan fingerprint density at radius 2 is 1.44 bits per heavy atom. The summed E-state index contributed by atoms with van der Waals surface area (Å²) in [4.78, 5) is 8.68. The van der Waals surface area contributed by atoms with Crippen molar-refractivity contribution in [1.82, 2.24) is 15.3 Å². The normalized spacial score (nSPS) is 9.93. The summed E-state index contributed by atoms with van der Waals surface area (Å²) >= 11 is 5.22. The molecule has 0 aliphatic heterocycles. The molecule has 6 nitrogen and oxygen atoms in total. The molecule has 0 saturated heterocycles. The predicted octanol–water partition coefficient (Wildman–Crippen LogP) is 4.53. The number of anilines is 1. The van der Waals surface area contributed by atoms with Crippen LogP contribution in [0, 0.1) is 0 Å². The average Bonchev–Trinajstić information content (AvgIpc) is 2.68. The van der Waals surface area contributed by atoms with Gasteiger partial charge in [0, 0.05) is 6.54 Å². The highest BCUT2D eigenvalue weighted by Gasteiger charge is 2.10. The fourth-order valence-corrected chi connectivity index (χ4v) is 2.27. The largest absolute Gasteiger partial charge is 0.439 e. The van der Waals surface area contributed by atoms with Gasteiger partial charge in [-0.25, -0.2) is 0 Å². The molecule has 2 aromatic carbocycles. The van der Waals surface area contributed by atoms with Crippen LogP contribution in [0.4, 0.5) is 5.95 Å². The molecule has 2 N–H and O–H groups in total. The molecule has 0 saturated carbocycles. The van der Waals surface area contributed by atoms with Crippen molar-refractivity contribution in [2.45, 2.75) is 0 Å². The summed E-state index contributed by atoms with van der Waals surface area (Å²) in [7, 11) is 0. The maximum absolute atomic E-state index is 5.81. The van der Waals surface area contributed by atoms with Gasteiger partial charge in [-0.15, -0.1) is 6.58 Å². The summed E-state index contributed by atoms with van der Waals surface area (Å²) in [6, 6.07) is 20.3. The Hall–Kier alpha value is -3.45. The maximum atomic E-state index is 5.81. The van der Waals surface area contributed by atoms with Crippen LogP contribution in [-0.2, 0) is 0 Å². The van der Waals surface area contributed by atoms with E-state index in [-0.39, 0.29) is 5.95 Å². The molecule has 27 heavy (non-hydrogen) atoms. The van der Waals surface area contributed by atoms with E-state index in [2.05, 4.69) is 27.2 Å². The van der Waals surface area contributed by atoms with Gasteiger partial charge in [0.15, 0.2) is 5.11 Å². The minimum absolute atomic E-state index is 0.260. The van der Waals surface area contributed by atoms with Crippen LogP contribution in [0.3, 0.4) is 0 Å². The van der Waals surface area contributed by atoms with Crippen molar-refractivity contribution in [2.75, 3.05) is 11.9 Å². The zero-order valence-electron chi connectivity index (χ0n) is 14.5. The van der Waals surface area contributed by atoms with E-state index in [9.17, 15) is 0 Å². The Kier molecular flexibility index (Phi) is 6.32. The third-order valence-electron chi connectivity index (χ3n) is 3.24. The van der Waals surface area contributed by atoms with Crippen LogP contribution >= 0.6 is 12.2 Å². The van der Waals surface area contributed by atoms with Gasteiger partial charge in [0.1, 0.15) is 11.5 Å². The van der Waals surface area contributed by atoms with Crippen LogP contribution in [-0.4, -0.2) is 21.6 Å². The highest BCUT2D eigenvalue weighted by atomic mass is 32.1. The third kappa shape index (κ3) is 5.79. The number of thiocarbonyl (C=S) groups is 1. The standard InChI is InChI=1S/C20H18N4O2S/c1-2-13-21-20(27)24-19-22-17(25-15-9-5-3-6-10-15)14-18(23-19)26-16-11-7-4-8-12-16/h2-12,14H,1,13H2,(H2,21,22,23,24,27). The van der Waals surface area contributed by atoms with E-state index < -0.39 is 0 Å². The van der Waals surface area contributed by atoms with E-state index in [0.717, 1.165) is 0 Å². The second-order valence-electron chi connectivity index (χ2n) is 5.32. The first-order valence-corrected chi connectivity index (χ1v) is 8.64. The smallest absolute Gasteiger partial charge is 0.235 e. The lowest BCUT2D eigenvalue weighted by atomic mass is 10.3. The molecule has 0 fully saturated rings. The number of hydrogen-bond acceptors (Lipinski definition) is 5. The molecule has 0 aliphatic carbocycles. The second-order valence-corrected chi connectivity index (χ2v) is 5.73. The summed E-state index contributed by atoms with van der Waals surface area (Å²) in [5.41, 5.74) is 0. The number of aromatic nitrogens is 2. The van der Waals surface area contributed by atoms with Gasteiger partial charge >= 0.3 is 0 Å². The SMILES string of the molecule is C=CCNC(=S)Nc1nc(Oc2ccccc2)cc(Oc2ccccc2)n1. The second kappa shape index (κ2) is 9.30. The molecule has 7 heteroatoms. The number of nitrogens with one attached hydrogen (secondary N) is 2. The summed E-state index contributed by atoms with van der Waals surface area (Å²) in [5.74, 6) is 2.23. The lowest BCUT2D eigenvalue weighted by molar-refractivity contribution is 0.435. The minimum Gasteiger partial charge on any atom is -0.439 e. The molecule has 3 aromatic rings. The van der Waals surface area contributed by atoms with Gasteiger partial charge in [0.05, 0.1) is 6.07 Å². The molecule has 0 spiro atoms. The number of rotatable bonds is 7. The van der Waals surface area contributed by atoms with Crippen molar-refractivity contribution in [3.05, 3.63) is 79.4 Å². The summed E-state index contributed by atoms with van der Waals surface area (Å²) in [6.45, 7) is 4.17. The van der Waals surface area contributed by atoms with Crippen molar-refractivity contribution in [1.29, 1.82) is 0 Å². The van der Waals surface area contributed by atoms with Crippen LogP contribution in [0.25, 0.3) is 0 Å². The lowest BCUT2D eigenvalue weighted by Gasteiger charge is -2.12. The molecule has 0 amide bonds. The number of benzene rings is 2. The Labute approximate surface area is 162 Å². The Morgan fingerprint density at radius 3 is 1.93 bits per heavy atom. The van der Waals surface area contributed by atoms with Crippen LogP contribution in [0.2, 0.25) is 0 Å². The molecule has 0 aliphatic rings.